The molecule has 0 spiro atoms. The largest absolute Gasteiger partial charge is 0.492 e. The minimum Gasteiger partial charge on any atom is -0.492 e. The smallest absolute Gasteiger partial charge is 0.127 e. The van der Waals surface area contributed by atoms with Crippen LogP contribution in [0.3, 0.4) is 0 Å². The van der Waals surface area contributed by atoms with Gasteiger partial charge in [-0.2, -0.15) is 0 Å². The van der Waals surface area contributed by atoms with E-state index in [1.54, 1.807) is 0 Å². The number of benzene rings is 2. The summed E-state index contributed by atoms with van der Waals surface area (Å²) in [5.41, 5.74) is 1.99. The molecule has 0 radical (unpaired) electrons. The molecule has 4 nitrogen and oxygen atoms in total. The molecule has 1 aromatic heterocycles. The number of aromatic nitrogens is 3. The zero-order valence-electron chi connectivity index (χ0n) is 11.3. The SMILES string of the molecule is Ic1c(-c2ccccc2)nnn1CCOc1ccccc1. The Labute approximate surface area is 136 Å². The van der Waals surface area contributed by atoms with Crippen LogP contribution in [0.1, 0.15) is 0 Å². The maximum absolute atomic E-state index is 5.69. The highest BCUT2D eigenvalue weighted by atomic mass is 127. The minimum atomic E-state index is 0.567. The van der Waals surface area contributed by atoms with Gasteiger partial charge in [0.15, 0.2) is 0 Å². The summed E-state index contributed by atoms with van der Waals surface area (Å²) in [5.74, 6) is 0.871. The van der Waals surface area contributed by atoms with Crippen molar-refractivity contribution in [1.29, 1.82) is 0 Å². The zero-order valence-corrected chi connectivity index (χ0v) is 13.5. The molecule has 21 heavy (non-hydrogen) atoms. The fourth-order valence-electron chi connectivity index (χ4n) is 1.98. The Balaban J connectivity index is 1.66. The van der Waals surface area contributed by atoms with E-state index in [0.717, 1.165) is 20.7 Å². The van der Waals surface area contributed by atoms with Crippen molar-refractivity contribution in [1.82, 2.24) is 15.0 Å². The molecule has 0 aliphatic rings. The van der Waals surface area contributed by atoms with Gasteiger partial charge in [0, 0.05) is 5.56 Å². The predicted octanol–water partition coefficient (Wildman–Crippen LogP) is 3.63. The molecule has 3 rings (SSSR count). The average molecular weight is 391 g/mol. The molecule has 0 aliphatic carbocycles. The third-order valence-electron chi connectivity index (χ3n) is 3.04. The molecule has 0 unspecified atom stereocenters. The van der Waals surface area contributed by atoms with Crippen molar-refractivity contribution >= 4 is 22.6 Å². The molecule has 0 bridgehead atoms. The summed E-state index contributed by atoms with van der Waals surface area (Å²) in [4.78, 5) is 0. The summed E-state index contributed by atoms with van der Waals surface area (Å²) in [6.45, 7) is 1.24. The van der Waals surface area contributed by atoms with Gasteiger partial charge in [0.25, 0.3) is 0 Å². The van der Waals surface area contributed by atoms with Crippen molar-refractivity contribution in [2.75, 3.05) is 6.61 Å². The van der Waals surface area contributed by atoms with Crippen molar-refractivity contribution in [3.63, 3.8) is 0 Å². The Bertz CT molecular complexity index is 698. The number of rotatable bonds is 5. The fraction of sp³-hybridized carbons (Fsp3) is 0.125. The Hall–Kier alpha value is -1.89. The number of hydrogen-bond donors (Lipinski definition) is 0. The van der Waals surface area contributed by atoms with Crippen molar-refractivity contribution in [3.05, 3.63) is 64.4 Å². The van der Waals surface area contributed by atoms with E-state index in [9.17, 15) is 0 Å². The molecule has 0 atom stereocenters. The highest BCUT2D eigenvalue weighted by molar-refractivity contribution is 14.1. The normalized spacial score (nSPS) is 10.5. The van der Waals surface area contributed by atoms with Gasteiger partial charge in [-0.25, -0.2) is 4.68 Å². The number of nitrogens with zero attached hydrogens (tertiary/aromatic N) is 3. The van der Waals surface area contributed by atoms with Crippen LogP contribution < -0.4 is 4.74 Å². The van der Waals surface area contributed by atoms with E-state index >= 15 is 0 Å². The van der Waals surface area contributed by atoms with Gasteiger partial charge in [0.1, 0.15) is 21.8 Å². The van der Waals surface area contributed by atoms with E-state index in [2.05, 4.69) is 32.9 Å². The van der Waals surface area contributed by atoms with Gasteiger partial charge < -0.3 is 4.74 Å². The van der Waals surface area contributed by atoms with Gasteiger partial charge in [0.2, 0.25) is 0 Å². The summed E-state index contributed by atoms with van der Waals surface area (Å²) in [6, 6.07) is 19.9. The first-order chi connectivity index (χ1) is 10.3. The summed E-state index contributed by atoms with van der Waals surface area (Å²) in [7, 11) is 0. The van der Waals surface area contributed by atoms with Crippen molar-refractivity contribution in [3.8, 4) is 17.0 Å². The van der Waals surface area contributed by atoms with Crippen LogP contribution in [-0.2, 0) is 6.54 Å². The van der Waals surface area contributed by atoms with Gasteiger partial charge >= 0.3 is 0 Å². The second-order valence-corrected chi connectivity index (χ2v) is 5.50. The Morgan fingerprint density at radius 2 is 1.62 bits per heavy atom. The lowest BCUT2D eigenvalue weighted by molar-refractivity contribution is 0.288. The van der Waals surface area contributed by atoms with Crippen LogP contribution in [0, 0.1) is 3.70 Å². The Morgan fingerprint density at radius 1 is 0.952 bits per heavy atom. The molecule has 5 heteroatoms. The quantitative estimate of drug-likeness (QED) is 0.624. The van der Waals surface area contributed by atoms with Crippen LogP contribution in [0.25, 0.3) is 11.3 Å². The lowest BCUT2D eigenvalue weighted by Gasteiger charge is -2.06. The molecule has 106 valence electrons. The summed E-state index contributed by atoms with van der Waals surface area (Å²) in [6.07, 6.45) is 0. The van der Waals surface area contributed by atoms with Gasteiger partial charge in [-0.1, -0.05) is 53.7 Å². The molecule has 2 aromatic carbocycles. The first-order valence-corrected chi connectivity index (χ1v) is 7.75. The minimum absolute atomic E-state index is 0.567. The number of halogens is 1. The van der Waals surface area contributed by atoms with E-state index in [1.807, 2.05) is 65.3 Å². The first-order valence-electron chi connectivity index (χ1n) is 6.67. The van der Waals surface area contributed by atoms with Crippen molar-refractivity contribution in [2.24, 2.45) is 0 Å². The highest BCUT2D eigenvalue weighted by Crippen LogP contribution is 2.22. The van der Waals surface area contributed by atoms with E-state index < -0.39 is 0 Å². The summed E-state index contributed by atoms with van der Waals surface area (Å²) < 4.78 is 8.58. The zero-order chi connectivity index (χ0) is 14.5. The lowest BCUT2D eigenvalue weighted by Crippen LogP contribution is -2.11. The number of hydrogen-bond acceptors (Lipinski definition) is 3. The standard InChI is InChI=1S/C16H14IN3O/c17-16-15(13-7-3-1-4-8-13)18-19-20(16)11-12-21-14-9-5-2-6-10-14/h1-10H,11-12H2. The lowest BCUT2D eigenvalue weighted by atomic mass is 10.2. The predicted molar refractivity (Wildman–Crippen MR) is 90.1 cm³/mol. The summed E-state index contributed by atoms with van der Waals surface area (Å²) in [5, 5.41) is 8.46. The number of ether oxygens (including phenoxy) is 1. The second-order valence-electron chi connectivity index (χ2n) is 4.48. The molecule has 3 aromatic rings. The van der Waals surface area contributed by atoms with Crippen LogP contribution in [0.5, 0.6) is 5.75 Å². The van der Waals surface area contributed by atoms with Crippen LogP contribution in [-0.4, -0.2) is 21.6 Å². The molecule has 1 heterocycles. The highest BCUT2D eigenvalue weighted by Gasteiger charge is 2.11. The molecule has 0 aliphatic heterocycles. The van der Waals surface area contributed by atoms with Crippen LogP contribution in [0.15, 0.2) is 60.7 Å². The van der Waals surface area contributed by atoms with E-state index in [0.29, 0.717) is 13.2 Å². The second kappa shape index (κ2) is 6.71. The van der Waals surface area contributed by atoms with Gasteiger partial charge in [0.05, 0.1) is 6.54 Å². The van der Waals surface area contributed by atoms with Gasteiger partial charge in [-0.3, -0.25) is 0 Å². The summed E-state index contributed by atoms with van der Waals surface area (Å²) >= 11 is 2.28. The topological polar surface area (TPSA) is 39.9 Å². The van der Waals surface area contributed by atoms with Crippen LogP contribution in [0.2, 0.25) is 0 Å². The van der Waals surface area contributed by atoms with Crippen molar-refractivity contribution < 1.29 is 4.74 Å². The average Bonchev–Trinajstić information content (AvgIpc) is 2.90. The molecular formula is C16H14IN3O. The van der Waals surface area contributed by atoms with Crippen LogP contribution in [0.4, 0.5) is 0 Å². The van der Waals surface area contributed by atoms with E-state index in [4.69, 9.17) is 4.74 Å². The fourth-order valence-corrected chi connectivity index (χ4v) is 2.74. The van der Waals surface area contributed by atoms with Gasteiger partial charge in [-0.05, 0) is 34.7 Å². The van der Waals surface area contributed by atoms with E-state index in [1.165, 1.54) is 0 Å². The molecule has 0 saturated heterocycles. The maximum atomic E-state index is 5.69. The molecule has 0 N–H and O–H groups in total. The molecule has 0 saturated carbocycles. The maximum Gasteiger partial charge on any atom is 0.127 e. The van der Waals surface area contributed by atoms with E-state index in [-0.39, 0.29) is 0 Å². The van der Waals surface area contributed by atoms with Crippen LogP contribution >= 0.6 is 22.6 Å². The molecule has 0 fully saturated rings. The van der Waals surface area contributed by atoms with Crippen molar-refractivity contribution in [2.45, 2.75) is 6.54 Å². The van der Waals surface area contributed by atoms with Gasteiger partial charge in [-0.15, -0.1) is 5.10 Å². The third kappa shape index (κ3) is 3.41. The third-order valence-corrected chi connectivity index (χ3v) is 4.10. The monoisotopic (exact) mass is 391 g/mol. The number of para-hydroxylation sites is 1. The Morgan fingerprint density at radius 3 is 2.33 bits per heavy atom. The first kappa shape index (κ1) is 14.1. The molecule has 0 amide bonds. The molecular weight excluding hydrogens is 377 g/mol. The Kier molecular flexibility index (Phi) is 4.49.